The van der Waals surface area contributed by atoms with Gasteiger partial charge in [-0.3, -0.25) is 4.79 Å². The third kappa shape index (κ3) is 12.5. The Balaban J connectivity index is 2.32. The first-order valence-corrected chi connectivity index (χ1v) is 10.3. The summed E-state index contributed by atoms with van der Waals surface area (Å²) in [6.45, 7) is 4.55. The Kier molecular flexibility index (Phi) is 11.4. The highest BCUT2D eigenvalue weighted by atomic mass is 16.1. The summed E-state index contributed by atoms with van der Waals surface area (Å²) in [5.74, 6) is 0.495. The van der Waals surface area contributed by atoms with Crippen molar-refractivity contribution in [3.63, 3.8) is 0 Å². The van der Waals surface area contributed by atoms with Gasteiger partial charge < -0.3 is 0 Å². The first-order chi connectivity index (χ1) is 11.1. The molecule has 134 valence electrons. The zero-order valence-electron chi connectivity index (χ0n) is 15.9. The van der Waals surface area contributed by atoms with Gasteiger partial charge in [0, 0.05) is 12.8 Å². The third-order valence-corrected chi connectivity index (χ3v) is 5.14. The second kappa shape index (κ2) is 12.8. The standard InChI is InChI=1S/C22H40O/c1-22(2)19-17-15-13-11-9-7-5-3-4-6-8-10-12-14-16-18-21(23)20-22/h5,7H,3-4,6,8-20H2,1-2H3. The van der Waals surface area contributed by atoms with E-state index in [9.17, 15) is 4.79 Å². The smallest absolute Gasteiger partial charge is 0.133 e. The normalized spacial score (nSPS) is 24.2. The number of allylic oxidation sites excluding steroid dienone is 2. The molecule has 1 aliphatic rings. The molecule has 0 spiro atoms. The van der Waals surface area contributed by atoms with E-state index < -0.39 is 0 Å². The fraction of sp³-hybridized carbons (Fsp3) is 0.864. The van der Waals surface area contributed by atoms with E-state index in [4.69, 9.17) is 0 Å². The van der Waals surface area contributed by atoms with Gasteiger partial charge in [-0.2, -0.15) is 0 Å². The molecule has 0 aliphatic heterocycles. The highest BCUT2D eigenvalue weighted by Gasteiger charge is 2.21. The van der Waals surface area contributed by atoms with Crippen LogP contribution in [-0.4, -0.2) is 5.78 Å². The predicted molar refractivity (Wildman–Crippen MR) is 102 cm³/mol. The summed E-state index contributed by atoms with van der Waals surface area (Å²) >= 11 is 0. The highest BCUT2D eigenvalue weighted by molar-refractivity contribution is 5.78. The third-order valence-electron chi connectivity index (χ3n) is 5.14. The average molecular weight is 321 g/mol. The van der Waals surface area contributed by atoms with Gasteiger partial charge in [0.2, 0.25) is 0 Å². The maximum Gasteiger partial charge on any atom is 0.133 e. The van der Waals surface area contributed by atoms with Crippen LogP contribution in [0.15, 0.2) is 12.2 Å². The van der Waals surface area contributed by atoms with Crippen LogP contribution >= 0.6 is 0 Å². The molecule has 0 aromatic rings. The van der Waals surface area contributed by atoms with Crippen LogP contribution < -0.4 is 0 Å². The van der Waals surface area contributed by atoms with Crippen molar-refractivity contribution in [1.82, 2.24) is 0 Å². The molecule has 0 radical (unpaired) electrons. The van der Waals surface area contributed by atoms with E-state index in [1.54, 1.807) is 0 Å². The summed E-state index contributed by atoms with van der Waals surface area (Å²) in [6, 6.07) is 0. The SMILES string of the molecule is CC1(C)CCCCCCC=CCCCCCCCCCC(=O)C1. The minimum Gasteiger partial charge on any atom is -0.300 e. The Morgan fingerprint density at radius 2 is 1.17 bits per heavy atom. The first kappa shape index (κ1) is 20.5. The maximum atomic E-state index is 12.2. The number of hydrogen-bond acceptors (Lipinski definition) is 1. The van der Waals surface area contributed by atoms with Crippen LogP contribution in [0.4, 0.5) is 0 Å². The Morgan fingerprint density at radius 1 is 0.696 bits per heavy atom. The summed E-state index contributed by atoms with van der Waals surface area (Å²) in [6.07, 6.45) is 24.5. The van der Waals surface area contributed by atoms with E-state index >= 15 is 0 Å². The van der Waals surface area contributed by atoms with Crippen molar-refractivity contribution in [2.24, 2.45) is 5.41 Å². The molecule has 0 heterocycles. The molecule has 0 atom stereocenters. The van der Waals surface area contributed by atoms with Crippen LogP contribution in [0, 0.1) is 5.41 Å². The van der Waals surface area contributed by atoms with Crippen LogP contribution in [0.5, 0.6) is 0 Å². The monoisotopic (exact) mass is 320 g/mol. The van der Waals surface area contributed by atoms with Gasteiger partial charge in [0.25, 0.3) is 0 Å². The van der Waals surface area contributed by atoms with Gasteiger partial charge in [-0.25, -0.2) is 0 Å². The minimum atomic E-state index is 0.206. The van der Waals surface area contributed by atoms with Crippen LogP contribution in [0.3, 0.4) is 0 Å². The largest absolute Gasteiger partial charge is 0.300 e. The molecule has 0 N–H and O–H groups in total. The van der Waals surface area contributed by atoms with E-state index in [0.717, 1.165) is 19.3 Å². The van der Waals surface area contributed by atoms with Crippen molar-refractivity contribution in [3.05, 3.63) is 12.2 Å². The summed E-state index contributed by atoms with van der Waals surface area (Å²) in [5.41, 5.74) is 0.206. The van der Waals surface area contributed by atoms with E-state index in [-0.39, 0.29) is 5.41 Å². The summed E-state index contributed by atoms with van der Waals surface area (Å²) in [7, 11) is 0. The lowest BCUT2D eigenvalue weighted by Crippen LogP contribution is -2.17. The number of carbonyl (C=O) groups is 1. The van der Waals surface area contributed by atoms with Crippen molar-refractivity contribution in [2.75, 3.05) is 0 Å². The van der Waals surface area contributed by atoms with Crippen molar-refractivity contribution in [1.29, 1.82) is 0 Å². The molecule has 0 aromatic carbocycles. The van der Waals surface area contributed by atoms with Gasteiger partial charge in [-0.15, -0.1) is 0 Å². The molecule has 0 saturated heterocycles. The zero-order valence-corrected chi connectivity index (χ0v) is 15.9. The average Bonchev–Trinajstić information content (AvgIpc) is 2.49. The van der Waals surface area contributed by atoms with E-state index in [1.807, 2.05) is 0 Å². The second-order valence-electron chi connectivity index (χ2n) is 8.32. The fourth-order valence-electron chi connectivity index (χ4n) is 3.63. The Hall–Kier alpha value is -0.590. The number of hydrogen-bond donors (Lipinski definition) is 0. The van der Waals surface area contributed by atoms with Gasteiger partial charge in [0.1, 0.15) is 5.78 Å². The van der Waals surface area contributed by atoms with Crippen LogP contribution in [0.1, 0.15) is 117 Å². The Bertz CT molecular complexity index is 327. The van der Waals surface area contributed by atoms with Crippen molar-refractivity contribution < 1.29 is 4.79 Å². The van der Waals surface area contributed by atoms with E-state index in [2.05, 4.69) is 26.0 Å². The topological polar surface area (TPSA) is 17.1 Å². The van der Waals surface area contributed by atoms with E-state index in [0.29, 0.717) is 5.78 Å². The van der Waals surface area contributed by atoms with Gasteiger partial charge >= 0.3 is 0 Å². The summed E-state index contributed by atoms with van der Waals surface area (Å²) < 4.78 is 0. The molecule has 0 unspecified atom stereocenters. The molecule has 0 bridgehead atoms. The second-order valence-corrected chi connectivity index (χ2v) is 8.32. The molecule has 0 aromatic heterocycles. The number of carbonyl (C=O) groups excluding carboxylic acids is 1. The molecule has 23 heavy (non-hydrogen) atoms. The van der Waals surface area contributed by atoms with Crippen LogP contribution in [0.25, 0.3) is 0 Å². The molecular formula is C22H40O. The van der Waals surface area contributed by atoms with Crippen molar-refractivity contribution in [3.8, 4) is 0 Å². The molecular weight excluding hydrogens is 280 g/mol. The Labute approximate surface area is 145 Å². The van der Waals surface area contributed by atoms with Gasteiger partial charge in [0.05, 0.1) is 0 Å². The van der Waals surface area contributed by atoms with Gasteiger partial charge in [-0.05, 0) is 43.9 Å². The van der Waals surface area contributed by atoms with Gasteiger partial charge in [0.15, 0.2) is 0 Å². The highest BCUT2D eigenvalue weighted by Crippen LogP contribution is 2.29. The molecule has 0 saturated carbocycles. The van der Waals surface area contributed by atoms with Crippen molar-refractivity contribution >= 4 is 5.78 Å². The lowest BCUT2D eigenvalue weighted by molar-refractivity contribution is -0.121. The van der Waals surface area contributed by atoms with Gasteiger partial charge in [-0.1, -0.05) is 77.4 Å². The number of rotatable bonds is 0. The molecule has 1 aliphatic carbocycles. The van der Waals surface area contributed by atoms with Crippen LogP contribution in [-0.2, 0) is 4.79 Å². The zero-order chi connectivity index (χ0) is 16.8. The lowest BCUT2D eigenvalue weighted by atomic mass is 9.81. The molecule has 1 rings (SSSR count). The summed E-state index contributed by atoms with van der Waals surface area (Å²) in [5, 5.41) is 0. The predicted octanol–water partition coefficient (Wildman–Crippen LogP) is 7.39. The quantitative estimate of drug-likeness (QED) is 0.425. The Morgan fingerprint density at radius 3 is 1.78 bits per heavy atom. The number of ketones is 1. The lowest BCUT2D eigenvalue weighted by Gasteiger charge is -2.23. The maximum absolute atomic E-state index is 12.2. The molecule has 1 heteroatoms. The molecule has 1 nitrogen and oxygen atoms in total. The summed E-state index contributed by atoms with van der Waals surface area (Å²) in [4.78, 5) is 12.2. The molecule has 0 amide bonds. The minimum absolute atomic E-state index is 0.206. The van der Waals surface area contributed by atoms with E-state index in [1.165, 1.54) is 83.5 Å². The fourth-order valence-corrected chi connectivity index (χ4v) is 3.63. The van der Waals surface area contributed by atoms with Crippen molar-refractivity contribution in [2.45, 2.75) is 117 Å². The van der Waals surface area contributed by atoms with Crippen LogP contribution in [0.2, 0.25) is 0 Å². The number of Topliss-reactive ketones (excluding diaryl/α,β-unsaturated/α-hetero) is 1. The first-order valence-electron chi connectivity index (χ1n) is 10.3. The molecule has 0 fully saturated rings.